The van der Waals surface area contributed by atoms with Crippen LogP contribution >= 0.6 is 0 Å². The Morgan fingerprint density at radius 2 is 1.77 bits per heavy atom. The fraction of sp³-hybridized carbons (Fsp3) is 0.222. The van der Waals surface area contributed by atoms with Crippen LogP contribution in [0.3, 0.4) is 0 Å². The van der Waals surface area contributed by atoms with Gasteiger partial charge < -0.3 is 10.6 Å². The van der Waals surface area contributed by atoms with Crippen molar-refractivity contribution < 1.29 is 22.4 Å². The summed E-state index contributed by atoms with van der Waals surface area (Å²) in [4.78, 5) is 23.8. The normalized spacial score (nSPS) is 11.0. The highest BCUT2D eigenvalue weighted by Gasteiger charge is 2.14. The molecule has 2 N–H and O–H groups in total. The van der Waals surface area contributed by atoms with Gasteiger partial charge in [-0.1, -0.05) is 19.1 Å². The Bertz CT molecular complexity index is 896. The van der Waals surface area contributed by atoms with E-state index >= 15 is 0 Å². The van der Waals surface area contributed by atoms with Crippen molar-refractivity contribution in [2.75, 3.05) is 16.8 Å². The molecule has 0 spiro atoms. The maximum Gasteiger partial charge on any atom is 0.255 e. The summed E-state index contributed by atoms with van der Waals surface area (Å²) in [7, 11) is -3.38. The van der Waals surface area contributed by atoms with E-state index in [-0.39, 0.29) is 18.2 Å². The second-order valence-electron chi connectivity index (χ2n) is 5.61. The summed E-state index contributed by atoms with van der Waals surface area (Å²) in [6, 6.07) is 11.9. The van der Waals surface area contributed by atoms with Gasteiger partial charge >= 0.3 is 0 Å². The monoisotopic (exact) mass is 378 g/mol. The Balaban J connectivity index is 1.96. The van der Waals surface area contributed by atoms with Crippen molar-refractivity contribution in [3.63, 3.8) is 0 Å². The number of nitrogens with one attached hydrogen (secondary N) is 2. The van der Waals surface area contributed by atoms with Crippen LogP contribution in [0.4, 0.5) is 10.1 Å². The van der Waals surface area contributed by atoms with E-state index in [1.54, 1.807) is 24.3 Å². The number of hydrogen-bond acceptors (Lipinski definition) is 4. The average Bonchev–Trinajstić information content (AvgIpc) is 2.60. The molecule has 0 aliphatic heterocycles. The van der Waals surface area contributed by atoms with Crippen molar-refractivity contribution in [2.24, 2.45) is 0 Å². The molecule has 6 nitrogen and oxygen atoms in total. The Morgan fingerprint density at radius 3 is 2.42 bits per heavy atom. The first-order chi connectivity index (χ1) is 12.3. The topological polar surface area (TPSA) is 92.3 Å². The van der Waals surface area contributed by atoms with Gasteiger partial charge in [-0.05, 0) is 42.0 Å². The highest BCUT2D eigenvalue weighted by Crippen LogP contribution is 2.13. The third-order valence-corrected chi connectivity index (χ3v) is 5.15. The zero-order chi connectivity index (χ0) is 19.2. The number of rotatable bonds is 7. The zero-order valence-corrected chi connectivity index (χ0v) is 15.0. The first kappa shape index (κ1) is 19.6. The third kappa shape index (κ3) is 5.96. The van der Waals surface area contributed by atoms with E-state index < -0.39 is 27.3 Å². The van der Waals surface area contributed by atoms with E-state index in [0.717, 1.165) is 0 Å². The molecule has 0 bridgehead atoms. The predicted octanol–water partition coefficient (Wildman–Crippen LogP) is 2.13. The van der Waals surface area contributed by atoms with Crippen LogP contribution < -0.4 is 10.6 Å². The lowest BCUT2D eigenvalue weighted by Gasteiger charge is -2.09. The Kier molecular flexibility index (Phi) is 6.46. The molecule has 2 aromatic rings. The molecule has 0 aromatic heterocycles. The SMILES string of the molecule is CCS(=O)(=O)CC(=O)NCc1cccc(NC(=O)c2ccc(F)cc2)c1. The van der Waals surface area contributed by atoms with Crippen LogP contribution in [0.1, 0.15) is 22.8 Å². The maximum atomic E-state index is 12.9. The van der Waals surface area contributed by atoms with Crippen molar-refractivity contribution >= 4 is 27.3 Å². The van der Waals surface area contributed by atoms with Gasteiger partial charge in [-0.3, -0.25) is 9.59 Å². The quantitative estimate of drug-likeness (QED) is 0.772. The van der Waals surface area contributed by atoms with E-state index in [4.69, 9.17) is 0 Å². The van der Waals surface area contributed by atoms with Gasteiger partial charge in [-0.2, -0.15) is 0 Å². The van der Waals surface area contributed by atoms with Crippen LogP contribution in [-0.4, -0.2) is 31.7 Å². The number of anilines is 1. The molecule has 0 saturated heterocycles. The molecule has 0 saturated carbocycles. The largest absolute Gasteiger partial charge is 0.351 e. The molecule has 0 radical (unpaired) electrons. The fourth-order valence-electron chi connectivity index (χ4n) is 2.12. The summed E-state index contributed by atoms with van der Waals surface area (Å²) in [5, 5.41) is 5.22. The van der Waals surface area contributed by atoms with E-state index in [1.807, 2.05) is 0 Å². The number of hydrogen-bond donors (Lipinski definition) is 2. The molecule has 26 heavy (non-hydrogen) atoms. The molecule has 2 aromatic carbocycles. The molecule has 0 aliphatic carbocycles. The molecular weight excluding hydrogens is 359 g/mol. The first-order valence-corrected chi connectivity index (χ1v) is 9.74. The maximum absolute atomic E-state index is 12.9. The van der Waals surface area contributed by atoms with E-state index in [1.165, 1.54) is 31.2 Å². The number of carbonyl (C=O) groups excluding carboxylic acids is 2. The average molecular weight is 378 g/mol. The van der Waals surface area contributed by atoms with Crippen molar-refractivity contribution in [1.82, 2.24) is 5.32 Å². The van der Waals surface area contributed by atoms with Gasteiger partial charge in [0.2, 0.25) is 5.91 Å². The van der Waals surface area contributed by atoms with Crippen molar-refractivity contribution in [3.8, 4) is 0 Å². The van der Waals surface area contributed by atoms with Crippen LogP contribution in [0, 0.1) is 5.82 Å². The lowest BCUT2D eigenvalue weighted by molar-refractivity contribution is -0.118. The number of benzene rings is 2. The highest BCUT2D eigenvalue weighted by atomic mass is 32.2. The smallest absolute Gasteiger partial charge is 0.255 e. The van der Waals surface area contributed by atoms with Gasteiger partial charge in [0, 0.05) is 23.5 Å². The van der Waals surface area contributed by atoms with E-state index in [0.29, 0.717) is 16.8 Å². The molecule has 138 valence electrons. The summed E-state index contributed by atoms with van der Waals surface area (Å²) in [5.74, 6) is -2.03. The molecule has 2 rings (SSSR count). The van der Waals surface area contributed by atoms with Crippen LogP contribution in [0.15, 0.2) is 48.5 Å². The number of carbonyl (C=O) groups is 2. The molecule has 0 heterocycles. The summed E-state index contributed by atoms with van der Waals surface area (Å²) >= 11 is 0. The second kappa shape index (κ2) is 8.57. The van der Waals surface area contributed by atoms with Crippen molar-refractivity contribution in [3.05, 3.63) is 65.5 Å². The second-order valence-corrected chi connectivity index (χ2v) is 7.97. The lowest BCUT2D eigenvalue weighted by Crippen LogP contribution is -2.30. The Labute approximate surface area is 151 Å². The highest BCUT2D eigenvalue weighted by molar-refractivity contribution is 7.92. The van der Waals surface area contributed by atoms with Gasteiger partial charge in [-0.15, -0.1) is 0 Å². The van der Waals surface area contributed by atoms with Gasteiger partial charge in [0.05, 0.1) is 0 Å². The van der Waals surface area contributed by atoms with Crippen LogP contribution in [0.25, 0.3) is 0 Å². The van der Waals surface area contributed by atoms with Gasteiger partial charge in [0.25, 0.3) is 5.91 Å². The molecule has 0 unspecified atom stereocenters. The number of halogens is 1. The molecule has 0 fully saturated rings. The third-order valence-electron chi connectivity index (χ3n) is 3.57. The summed E-state index contributed by atoms with van der Waals surface area (Å²) in [6.07, 6.45) is 0. The lowest BCUT2D eigenvalue weighted by atomic mass is 10.1. The van der Waals surface area contributed by atoms with Crippen LogP contribution in [-0.2, 0) is 21.2 Å². The van der Waals surface area contributed by atoms with Crippen molar-refractivity contribution in [2.45, 2.75) is 13.5 Å². The molecule has 0 atom stereocenters. The fourth-order valence-corrected chi connectivity index (χ4v) is 2.82. The minimum atomic E-state index is -3.38. The molecule has 2 amide bonds. The Morgan fingerprint density at radius 1 is 1.08 bits per heavy atom. The molecule has 8 heteroatoms. The Hall–Kier alpha value is -2.74. The first-order valence-electron chi connectivity index (χ1n) is 7.92. The van der Waals surface area contributed by atoms with Crippen LogP contribution in [0.2, 0.25) is 0 Å². The standard InChI is InChI=1S/C18H19FN2O4S/c1-2-26(24,25)12-17(22)20-11-13-4-3-5-16(10-13)21-18(23)14-6-8-15(19)9-7-14/h3-10H,2,11-12H2,1H3,(H,20,22)(H,21,23). The minimum absolute atomic E-state index is 0.0919. The molecular formula is C18H19FN2O4S. The van der Waals surface area contributed by atoms with Gasteiger partial charge in [0.15, 0.2) is 9.84 Å². The van der Waals surface area contributed by atoms with Crippen molar-refractivity contribution in [1.29, 1.82) is 0 Å². The van der Waals surface area contributed by atoms with E-state index in [9.17, 15) is 22.4 Å². The predicted molar refractivity (Wildman–Crippen MR) is 97.0 cm³/mol. The number of sulfone groups is 1. The number of amides is 2. The van der Waals surface area contributed by atoms with Gasteiger partial charge in [-0.25, -0.2) is 12.8 Å². The van der Waals surface area contributed by atoms with E-state index in [2.05, 4.69) is 10.6 Å². The zero-order valence-electron chi connectivity index (χ0n) is 14.2. The van der Waals surface area contributed by atoms with Gasteiger partial charge in [0.1, 0.15) is 11.6 Å². The molecule has 0 aliphatic rings. The summed E-state index contributed by atoms with van der Waals surface area (Å²) in [5.41, 5.74) is 1.52. The summed E-state index contributed by atoms with van der Waals surface area (Å²) < 4.78 is 35.7. The van der Waals surface area contributed by atoms with Crippen LogP contribution in [0.5, 0.6) is 0 Å². The minimum Gasteiger partial charge on any atom is -0.351 e. The summed E-state index contributed by atoms with van der Waals surface area (Å²) in [6.45, 7) is 1.62.